The monoisotopic (exact) mass is 1380 g/mol. The summed E-state index contributed by atoms with van der Waals surface area (Å²) in [4.78, 5) is 67.6. The molecule has 0 aliphatic carbocycles. The fourth-order valence-electron chi connectivity index (χ4n) is 12.9. The van der Waals surface area contributed by atoms with Gasteiger partial charge in [0.1, 0.15) is 34.3 Å². The second kappa shape index (κ2) is 28.5. The zero-order chi connectivity index (χ0) is 68.6. The van der Waals surface area contributed by atoms with E-state index >= 15 is 8.78 Å². The third-order valence-corrected chi connectivity index (χ3v) is 18.6. The molecule has 0 spiro atoms. The Morgan fingerprint density at radius 3 is 1.24 bits per heavy atom. The van der Waals surface area contributed by atoms with E-state index in [1.807, 2.05) is 36.4 Å². The average Bonchev–Trinajstić information content (AvgIpc) is 1.66. The molecule has 6 N–H and O–H groups in total. The number of imidazole rings is 2. The number of rotatable bonds is 19. The molecule has 6 aromatic carbocycles. The van der Waals surface area contributed by atoms with Crippen LogP contribution in [-0.2, 0) is 50.0 Å². The van der Waals surface area contributed by atoms with Crippen LogP contribution in [0.5, 0.6) is 23.0 Å². The van der Waals surface area contributed by atoms with Gasteiger partial charge in [-0.25, -0.2) is 41.9 Å². The number of aliphatic carboxylic acids is 3. The van der Waals surface area contributed by atoms with E-state index in [0.29, 0.717) is 106 Å². The number of ether oxygens (including phenoxy) is 6. The van der Waals surface area contributed by atoms with Gasteiger partial charge in [0.15, 0.2) is 40.2 Å². The molecular weight excluding hydrogens is 1320 g/mol. The summed E-state index contributed by atoms with van der Waals surface area (Å²) in [6.45, 7) is 6.27. The summed E-state index contributed by atoms with van der Waals surface area (Å²) >= 11 is 11.8. The minimum Gasteiger partial charge on any atom is -0.481 e. The van der Waals surface area contributed by atoms with Gasteiger partial charge >= 0.3 is 29.8 Å². The third kappa shape index (κ3) is 14.6. The summed E-state index contributed by atoms with van der Waals surface area (Å²) in [6.07, 6.45) is 0.982. The average molecular weight is 1380 g/mol. The van der Waals surface area contributed by atoms with E-state index in [9.17, 15) is 43.0 Å². The van der Waals surface area contributed by atoms with Gasteiger partial charge in [-0.1, -0.05) is 47.5 Å². The molecule has 4 fully saturated rings. The number of halogens is 6. The molecule has 97 heavy (non-hydrogen) atoms. The first-order valence-electron chi connectivity index (χ1n) is 31.2. The second-order valence-electron chi connectivity index (χ2n) is 24.4. The molecule has 6 aliphatic heterocycles. The maximum absolute atomic E-state index is 15.3. The van der Waals surface area contributed by atoms with E-state index in [4.69, 9.17) is 82.0 Å². The predicted octanol–water partition coefficient (Wildman–Crippen LogP) is 11.4. The Labute approximate surface area is 559 Å². The molecule has 8 heterocycles. The fourth-order valence-corrected chi connectivity index (χ4v) is 13.2. The molecule has 0 saturated carbocycles. The van der Waals surface area contributed by atoms with E-state index in [2.05, 4.69) is 9.80 Å². The number of nitrogens with zero attached hydrogens (tertiary/aromatic N) is 6. The Balaban J connectivity index is 0.000000157. The molecule has 4 saturated heterocycles. The first-order chi connectivity index (χ1) is 46.5. The Morgan fingerprint density at radius 2 is 0.907 bits per heavy atom. The minimum atomic E-state index is -2.74. The van der Waals surface area contributed by atoms with E-state index in [0.717, 1.165) is 75.8 Å². The van der Waals surface area contributed by atoms with Crippen molar-refractivity contribution < 1.29 is 101 Å². The SMILES string of the molecule is O=C(O)CC(O)(CC(=O)O)C(=O)O.O=C(O)c1ccc2nc(CN3CCC(c4cccc5c4O[C@@H](c4ccc(Cl)cc4F)O5)CC3)n(C[C@@H]3CCO3)c2c1F.O=C(O)c1ccc2nc(CN3CCC(c4cccc5c4O[C@@H](c4ccc(Cl)cc4F)O5)CC3)n(C[C@@H]3CCO3)c2c1F. The number of hydrogen-bond acceptors (Lipinski definition) is 16. The van der Waals surface area contributed by atoms with E-state index < -0.39 is 84.1 Å². The van der Waals surface area contributed by atoms with Gasteiger partial charge in [0.05, 0.1) is 84.5 Å². The maximum Gasteiger partial charge on any atom is 0.338 e. The summed E-state index contributed by atoms with van der Waals surface area (Å²) in [5.74, 6) is -5.88. The number of carboxylic acid groups (broad SMARTS) is 5. The molecule has 0 amide bonds. The summed E-state index contributed by atoms with van der Waals surface area (Å²) < 4.78 is 98.8. The van der Waals surface area contributed by atoms with Gasteiger partial charge in [-0.2, -0.15) is 0 Å². The van der Waals surface area contributed by atoms with E-state index in [1.165, 1.54) is 24.3 Å². The molecular formula is C68H64Cl2F4N6O17. The van der Waals surface area contributed by atoms with Gasteiger partial charge in [0.2, 0.25) is 0 Å². The molecule has 0 unspecified atom stereocenters. The third-order valence-electron chi connectivity index (χ3n) is 18.1. The van der Waals surface area contributed by atoms with Crippen LogP contribution in [0.3, 0.4) is 0 Å². The van der Waals surface area contributed by atoms with Crippen molar-refractivity contribution in [2.45, 2.75) is 120 Å². The van der Waals surface area contributed by atoms with Gasteiger partial charge in [-0.15, -0.1) is 0 Å². The number of carbonyl (C=O) groups is 5. The van der Waals surface area contributed by atoms with Crippen molar-refractivity contribution in [3.8, 4) is 23.0 Å². The number of fused-ring (bicyclic) bond motifs is 4. The Hall–Kier alpha value is -9.09. The molecule has 0 bridgehead atoms. The lowest BCUT2D eigenvalue weighted by Crippen LogP contribution is -2.42. The smallest absolute Gasteiger partial charge is 0.338 e. The number of hydrogen-bond donors (Lipinski definition) is 6. The lowest BCUT2D eigenvalue weighted by atomic mass is 9.88. The lowest BCUT2D eigenvalue weighted by molar-refractivity contribution is -0.170. The highest BCUT2D eigenvalue weighted by Gasteiger charge is 2.42. The van der Waals surface area contributed by atoms with Gasteiger partial charge in [-0.3, -0.25) is 19.4 Å². The number of benzene rings is 6. The molecule has 2 aromatic heterocycles. The minimum absolute atomic E-state index is 0.0488. The highest BCUT2D eigenvalue weighted by Crippen LogP contribution is 2.50. The van der Waals surface area contributed by atoms with Crippen LogP contribution in [0.4, 0.5) is 17.6 Å². The number of para-hydroxylation sites is 2. The van der Waals surface area contributed by atoms with Crippen molar-refractivity contribution in [3.05, 3.63) is 175 Å². The van der Waals surface area contributed by atoms with Gasteiger partial charge in [-0.05, 0) is 149 Å². The topological polar surface area (TPSA) is 304 Å². The molecule has 23 nitrogen and oxygen atoms in total. The van der Waals surface area contributed by atoms with Crippen molar-refractivity contribution in [2.75, 3.05) is 39.4 Å². The molecule has 0 radical (unpaired) electrons. The predicted molar refractivity (Wildman–Crippen MR) is 337 cm³/mol. The number of aromatic carboxylic acids is 2. The van der Waals surface area contributed by atoms with E-state index in [1.54, 1.807) is 45.5 Å². The van der Waals surface area contributed by atoms with Crippen LogP contribution in [-0.4, -0.2) is 147 Å². The zero-order valence-electron chi connectivity index (χ0n) is 51.6. The zero-order valence-corrected chi connectivity index (χ0v) is 53.1. The van der Waals surface area contributed by atoms with Gasteiger partial charge < -0.3 is 68.2 Å². The second-order valence-corrected chi connectivity index (χ2v) is 25.3. The number of aliphatic hydroxyl groups is 1. The molecule has 8 aromatic rings. The van der Waals surface area contributed by atoms with Crippen LogP contribution >= 0.6 is 23.2 Å². The van der Waals surface area contributed by atoms with Crippen LogP contribution < -0.4 is 18.9 Å². The van der Waals surface area contributed by atoms with Gasteiger partial charge in [0, 0.05) is 34.4 Å². The van der Waals surface area contributed by atoms with Crippen molar-refractivity contribution in [2.24, 2.45) is 0 Å². The van der Waals surface area contributed by atoms with Crippen molar-refractivity contribution in [3.63, 3.8) is 0 Å². The molecule has 6 aliphatic rings. The quantitative estimate of drug-likeness (QED) is 0.0410. The molecule has 510 valence electrons. The number of likely N-dealkylation sites (tertiary alicyclic amines) is 2. The Bertz CT molecular complexity index is 4100. The first-order valence-corrected chi connectivity index (χ1v) is 32.0. The fraction of sp³-hybridized carbons (Fsp3) is 0.368. The highest BCUT2D eigenvalue weighted by atomic mass is 35.5. The van der Waals surface area contributed by atoms with E-state index in [-0.39, 0.29) is 46.2 Å². The van der Waals surface area contributed by atoms with Crippen LogP contribution in [0.15, 0.2) is 97.1 Å². The summed E-state index contributed by atoms with van der Waals surface area (Å²) in [7, 11) is 0. The lowest BCUT2D eigenvalue weighted by Gasteiger charge is -2.33. The van der Waals surface area contributed by atoms with Crippen molar-refractivity contribution >= 4 is 75.1 Å². The highest BCUT2D eigenvalue weighted by molar-refractivity contribution is 6.30. The number of piperidine rings is 2. The summed E-state index contributed by atoms with van der Waals surface area (Å²) in [6, 6.07) is 26.1. The van der Waals surface area contributed by atoms with Crippen LogP contribution in [0, 0.1) is 23.3 Å². The Kier molecular flexibility index (Phi) is 20.0. The van der Waals surface area contributed by atoms with Crippen molar-refractivity contribution in [1.82, 2.24) is 28.9 Å². The largest absolute Gasteiger partial charge is 0.481 e. The summed E-state index contributed by atoms with van der Waals surface area (Å²) in [5.41, 5.74) is 0.452. The Morgan fingerprint density at radius 1 is 0.515 bits per heavy atom. The normalized spacial score (nSPS) is 19.3. The number of aromatic nitrogens is 4. The van der Waals surface area contributed by atoms with Crippen molar-refractivity contribution in [1.29, 1.82) is 0 Å². The van der Waals surface area contributed by atoms with Crippen LogP contribution in [0.25, 0.3) is 22.1 Å². The van der Waals surface area contributed by atoms with Crippen LogP contribution in [0.1, 0.15) is 130 Å². The van der Waals surface area contributed by atoms with Gasteiger partial charge in [0.25, 0.3) is 12.6 Å². The summed E-state index contributed by atoms with van der Waals surface area (Å²) in [5, 5.41) is 53.3. The molecule has 14 rings (SSSR count). The maximum atomic E-state index is 15.3. The van der Waals surface area contributed by atoms with Crippen LogP contribution in [0.2, 0.25) is 10.0 Å². The number of carboxylic acids is 5. The molecule has 4 atom stereocenters. The first kappa shape index (κ1) is 67.9. The molecule has 29 heteroatoms. The standard InChI is InChI=1S/2C31H28ClF2N3O5.C6H8O7/c2*32-18-4-5-21(23(33)14-18)31-41-25-3-1-2-20(29(25)42-31)17-8-11-36(12-9-17)16-26-35-24-7-6-22(30(38)39)27(34)28(24)37(26)15-19-10-13-40-19;7-3(8)1-6(13,5(11)12)2-4(9)10/h2*1-7,14,17,19,31H,8-13,15-16H2,(H,38,39);13H,1-2H2,(H,7,8)(H,9,10)(H,11,12)/t2*19-,31-;/m00./s1.